The van der Waals surface area contributed by atoms with Crippen molar-refractivity contribution in [2.24, 2.45) is 0 Å². The summed E-state index contributed by atoms with van der Waals surface area (Å²) < 4.78 is 61.9. The first-order valence-corrected chi connectivity index (χ1v) is 11.4. The Hall–Kier alpha value is -3.49. The SMILES string of the molecule is CC(C)Oc1cncc(C(=O)Nc2c(-c3cc(F)ccc3F)ccnc2C2CCC(F)(F)CC2)c1. The van der Waals surface area contributed by atoms with Crippen LogP contribution >= 0.6 is 0 Å². The standard InChI is InChI=1S/C26H25F4N3O2/c1-15(2)35-19-11-17(13-31-14-19)25(34)33-24-20(21-12-18(27)3-4-22(21)28)7-10-32-23(24)16-5-8-26(29,30)9-6-16/h3-4,7,10-16H,5-6,8-9H2,1-2H3,(H,33,34). The van der Waals surface area contributed by atoms with Crippen LogP contribution in [0.3, 0.4) is 0 Å². The van der Waals surface area contributed by atoms with Gasteiger partial charge in [0, 0.05) is 42.3 Å². The molecule has 1 N–H and O–H groups in total. The topological polar surface area (TPSA) is 64.1 Å². The third-order valence-electron chi connectivity index (χ3n) is 5.89. The van der Waals surface area contributed by atoms with Crippen molar-refractivity contribution in [3.8, 4) is 16.9 Å². The molecule has 3 aromatic rings. The number of pyridine rings is 2. The van der Waals surface area contributed by atoms with E-state index in [1.807, 2.05) is 13.8 Å². The van der Waals surface area contributed by atoms with Crippen molar-refractivity contribution in [1.82, 2.24) is 9.97 Å². The molecule has 0 atom stereocenters. The maximum atomic E-state index is 14.7. The van der Waals surface area contributed by atoms with Crippen molar-refractivity contribution in [2.75, 3.05) is 5.32 Å². The van der Waals surface area contributed by atoms with Crippen molar-refractivity contribution in [1.29, 1.82) is 0 Å². The van der Waals surface area contributed by atoms with E-state index in [9.17, 15) is 22.4 Å². The van der Waals surface area contributed by atoms with Gasteiger partial charge in [0.15, 0.2) is 0 Å². The zero-order valence-electron chi connectivity index (χ0n) is 19.3. The Morgan fingerprint density at radius 3 is 2.54 bits per heavy atom. The average molecular weight is 487 g/mol. The molecule has 4 rings (SSSR count). The van der Waals surface area contributed by atoms with Crippen molar-refractivity contribution in [2.45, 2.75) is 57.5 Å². The molecule has 0 radical (unpaired) electrons. The van der Waals surface area contributed by atoms with E-state index in [0.29, 0.717) is 11.4 Å². The second-order valence-electron chi connectivity index (χ2n) is 8.90. The average Bonchev–Trinajstić information content (AvgIpc) is 2.81. The molecule has 0 unspecified atom stereocenters. The lowest BCUT2D eigenvalue weighted by Gasteiger charge is -2.29. The fraction of sp³-hybridized carbons (Fsp3) is 0.346. The van der Waals surface area contributed by atoms with E-state index in [1.54, 1.807) is 0 Å². The molecule has 2 aromatic heterocycles. The second-order valence-corrected chi connectivity index (χ2v) is 8.90. The summed E-state index contributed by atoms with van der Waals surface area (Å²) in [4.78, 5) is 21.6. The van der Waals surface area contributed by atoms with Crippen molar-refractivity contribution >= 4 is 11.6 Å². The number of nitrogens with one attached hydrogen (secondary N) is 1. The fourth-order valence-electron chi connectivity index (χ4n) is 4.23. The Bertz CT molecular complexity index is 1220. The summed E-state index contributed by atoms with van der Waals surface area (Å²) in [7, 11) is 0. The zero-order chi connectivity index (χ0) is 25.2. The Labute approximate surface area is 200 Å². The van der Waals surface area contributed by atoms with Gasteiger partial charge >= 0.3 is 0 Å². The molecule has 1 saturated carbocycles. The summed E-state index contributed by atoms with van der Waals surface area (Å²) in [6, 6.07) is 5.99. The normalized spacial score (nSPS) is 15.7. The Balaban J connectivity index is 1.76. The summed E-state index contributed by atoms with van der Waals surface area (Å²) in [5.74, 6) is -4.66. The number of anilines is 1. The number of rotatable bonds is 6. The summed E-state index contributed by atoms with van der Waals surface area (Å²) in [5.41, 5.74) is 0.837. The molecule has 1 aliphatic carbocycles. The van der Waals surface area contributed by atoms with Crippen LogP contribution in [0.5, 0.6) is 5.75 Å². The third-order valence-corrected chi connectivity index (χ3v) is 5.89. The van der Waals surface area contributed by atoms with Crippen LogP contribution < -0.4 is 10.1 Å². The molecule has 0 bridgehead atoms. The molecule has 1 aliphatic rings. The highest BCUT2D eigenvalue weighted by Gasteiger charge is 2.37. The molecule has 1 amide bonds. The first kappa shape index (κ1) is 24.6. The number of ether oxygens (including phenoxy) is 1. The largest absolute Gasteiger partial charge is 0.489 e. The lowest BCUT2D eigenvalue weighted by molar-refractivity contribution is -0.0384. The number of alkyl halides is 2. The number of hydrogen-bond donors (Lipinski definition) is 1. The number of carbonyl (C=O) groups is 1. The summed E-state index contributed by atoms with van der Waals surface area (Å²) in [5, 5.41) is 2.77. The third kappa shape index (κ3) is 5.78. The van der Waals surface area contributed by atoms with E-state index >= 15 is 0 Å². The fourth-order valence-corrected chi connectivity index (χ4v) is 4.23. The highest BCUT2D eigenvalue weighted by atomic mass is 19.3. The van der Waals surface area contributed by atoms with Gasteiger partial charge in [0.25, 0.3) is 5.91 Å². The van der Waals surface area contributed by atoms with Crippen LogP contribution in [0.25, 0.3) is 11.1 Å². The number of nitrogens with zero attached hydrogens (tertiary/aromatic N) is 2. The van der Waals surface area contributed by atoms with Gasteiger partial charge in [0.1, 0.15) is 17.4 Å². The number of halogens is 4. The van der Waals surface area contributed by atoms with Gasteiger partial charge in [0.05, 0.1) is 29.2 Å². The summed E-state index contributed by atoms with van der Waals surface area (Å²) >= 11 is 0. The molecule has 2 heterocycles. The van der Waals surface area contributed by atoms with Gasteiger partial charge in [-0.3, -0.25) is 14.8 Å². The monoisotopic (exact) mass is 487 g/mol. The predicted molar refractivity (Wildman–Crippen MR) is 124 cm³/mol. The van der Waals surface area contributed by atoms with Gasteiger partial charge in [-0.2, -0.15) is 0 Å². The highest BCUT2D eigenvalue weighted by Crippen LogP contribution is 2.44. The molecule has 5 nitrogen and oxygen atoms in total. The number of hydrogen-bond acceptors (Lipinski definition) is 4. The van der Waals surface area contributed by atoms with Crippen LogP contribution in [0.4, 0.5) is 23.2 Å². The number of amides is 1. The van der Waals surface area contributed by atoms with E-state index in [0.717, 1.165) is 18.2 Å². The van der Waals surface area contributed by atoms with E-state index < -0.39 is 23.5 Å². The number of benzene rings is 1. The maximum absolute atomic E-state index is 14.7. The Kier molecular flexibility index (Phi) is 7.05. The van der Waals surface area contributed by atoms with Crippen LogP contribution in [-0.2, 0) is 0 Å². The quantitative estimate of drug-likeness (QED) is 0.391. The minimum absolute atomic E-state index is 0.0693. The van der Waals surface area contributed by atoms with Crippen molar-refractivity contribution in [3.63, 3.8) is 0 Å². The first-order chi connectivity index (χ1) is 16.6. The van der Waals surface area contributed by atoms with Crippen molar-refractivity contribution in [3.05, 3.63) is 71.8 Å². The molecule has 1 aromatic carbocycles. The lowest BCUT2D eigenvalue weighted by Crippen LogP contribution is -2.25. The zero-order valence-corrected chi connectivity index (χ0v) is 19.3. The van der Waals surface area contributed by atoms with Gasteiger partial charge in [-0.25, -0.2) is 17.6 Å². The molecule has 35 heavy (non-hydrogen) atoms. The van der Waals surface area contributed by atoms with Gasteiger partial charge in [0.2, 0.25) is 5.92 Å². The van der Waals surface area contributed by atoms with Crippen LogP contribution in [-0.4, -0.2) is 27.9 Å². The van der Waals surface area contributed by atoms with Gasteiger partial charge < -0.3 is 10.1 Å². The van der Waals surface area contributed by atoms with Crippen LogP contribution in [0.15, 0.2) is 48.9 Å². The summed E-state index contributed by atoms with van der Waals surface area (Å²) in [6.45, 7) is 3.67. The minimum Gasteiger partial charge on any atom is -0.489 e. The van der Waals surface area contributed by atoms with E-state index in [-0.39, 0.29) is 60.1 Å². The molecular formula is C26H25F4N3O2. The predicted octanol–water partition coefficient (Wildman–Crippen LogP) is 6.75. The molecule has 0 saturated heterocycles. The molecule has 184 valence electrons. The smallest absolute Gasteiger partial charge is 0.257 e. The van der Waals surface area contributed by atoms with Crippen LogP contribution in [0, 0.1) is 11.6 Å². The Morgan fingerprint density at radius 1 is 1.09 bits per heavy atom. The molecule has 1 fully saturated rings. The molecule has 0 spiro atoms. The number of aromatic nitrogens is 2. The van der Waals surface area contributed by atoms with E-state index in [2.05, 4.69) is 15.3 Å². The molecular weight excluding hydrogens is 462 g/mol. The van der Waals surface area contributed by atoms with E-state index in [1.165, 1.54) is 30.7 Å². The minimum atomic E-state index is -2.76. The van der Waals surface area contributed by atoms with Crippen molar-refractivity contribution < 1.29 is 27.1 Å². The van der Waals surface area contributed by atoms with Gasteiger partial charge in [-0.1, -0.05) is 0 Å². The van der Waals surface area contributed by atoms with Gasteiger partial charge in [-0.15, -0.1) is 0 Å². The number of carbonyl (C=O) groups excluding carboxylic acids is 1. The highest BCUT2D eigenvalue weighted by molar-refractivity contribution is 6.06. The van der Waals surface area contributed by atoms with E-state index in [4.69, 9.17) is 4.74 Å². The maximum Gasteiger partial charge on any atom is 0.257 e. The first-order valence-electron chi connectivity index (χ1n) is 11.4. The lowest BCUT2D eigenvalue weighted by atomic mass is 9.83. The van der Waals surface area contributed by atoms with Crippen LogP contribution in [0.2, 0.25) is 0 Å². The summed E-state index contributed by atoms with van der Waals surface area (Å²) in [6.07, 6.45) is 3.77. The van der Waals surface area contributed by atoms with Gasteiger partial charge in [-0.05, 0) is 57.0 Å². The molecule has 0 aliphatic heterocycles. The Morgan fingerprint density at radius 2 is 1.83 bits per heavy atom. The molecule has 9 heteroatoms. The van der Waals surface area contributed by atoms with Crippen LogP contribution in [0.1, 0.15) is 61.5 Å². The second kappa shape index (κ2) is 10.0.